The molecule has 2 nitrogen and oxygen atoms in total. The Hall–Kier alpha value is -2.16. The quantitative estimate of drug-likeness (QED) is 0.679. The van der Waals surface area contributed by atoms with E-state index in [4.69, 9.17) is 5.73 Å². The number of aryl methyl sites for hydroxylation is 2. The van der Waals surface area contributed by atoms with E-state index < -0.39 is 5.82 Å². The van der Waals surface area contributed by atoms with Gasteiger partial charge in [-0.2, -0.15) is 0 Å². The number of benzene rings is 2. The van der Waals surface area contributed by atoms with Gasteiger partial charge in [0.25, 0.3) is 0 Å². The minimum atomic E-state index is -0.503. The van der Waals surface area contributed by atoms with Crippen LogP contribution >= 0.6 is 0 Å². The van der Waals surface area contributed by atoms with Crippen LogP contribution in [0.15, 0.2) is 36.4 Å². The summed E-state index contributed by atoms with van der Waals surface area (Å²) in [5.74, 6) is -0.633. The number of hydrogen-bond acceptors (Lipinski definition) is 2. The molecule has 0 saturated heterocycles. The van der Waals surface area contributed by atoms with Gasteiger partial charge in [-0.15, -0.1) is 0 Å². The van der Waals surface area contributed by atoms with E-state index in [1.807, 2.05) is 18.2 Å². The molecule has 0 spiro atoms. The number of carbonyl (C=O) groups is 1. The predicted molar refractivity (Wildman–Crippen MR) is 79.4 cm³/mol. The average Bonchev–Trinajstić information content (AvgIpc) is 2.48. The van der Waals surface area contributed by atoms with Gasteiger partial charge in [0.2, 0.25) is 0 Å². The Labute approximate surface area is 118 Å². The molecule has 2 rings (SSSR count). The summed E-state index contributed by atoms with van der Waals surface area (Å²) in [5, 5.41) is 0. The summed E-state index contributed by atoms with van der Waals surface area (Å²) >= 11 is 0. The van der Waals surface area contributed by atoms with Crippen LogP contribution in [0.25, 0.3) is 0 Å². The number of ketones is 1. The summed E-state index contributed by atoms with van der Waals surface area (Å²) in [7, 11) is 0. The first-order valence-electron chi connectivity index (χ1n) is 6.78. The van der Waals surface area contributed by atoms with Crippen molar-refractivity contribution in [2.45, 2.75) is 26.7 Å². The van der Waals surface area contributed by atoms with Gasteiger partial charge in [-0.3, -0.25) is 4.79 Å². The van der Waals surface area contributed by atoms with Crippen LogP contribution < -0.4 is 5.73 Å². The van der Waals surface area contributed by atoms with Crippen molar-refractivity contribution in [1.29, 1.82) is 0 Å². The van der Waals surface area contributed by atoms with E-state index in [0.29, 0.717) is 11.1 Å². The van der Waals surface area contributed by atoms with Crippen molar-refractivity contribution in [2.75, 3.05) is 5.73 Å². The third-order valence-electron chi connectivity index (χ3n) is 3.49. The standard InChI is InChI=1S/C17H18FNO/c1-3-11-5-6-13(9-12(11)4-2)17(20)14-7-8-15(18)16(19)10-14/h5-10H,3-4,19H2,1-2H3. The molecule has 0 aromatic heterocycles. The van der Waals surface area contributed by atoms with E-state index in [9.17, 15) is 9.18 Å². The largest absolute Gasteiger partial charge is 0.396 e. The zero-order valence-corrected chi connectivity index (χ0v) is 11.7. The third-order valence-corrected chi connectivity index (χ3v) is 3.49. The Morgan fingerprint density at radius 1 is 1.00 bits per heavy atom. The van der Waals surface area contributed by atoms with Gasteiger partial charge in [-0.25, -0.2) is 4.39 Å². The van der Waals surface area contributed by atoms with Gasteiger partial charge in [0.1, 0.15) is 5.82 Å². The van der Waals surface area contributed by atoms with Crippen LogP contribution in [0, 0.1) is 5.82 Å². The summed E-state index contributed by atoms with van der Waals surface area (Å²) in [5.41, 5.74) is 8.96. The lowest BCUT2D eigenvalue weighted by Gasteiger charge is -2.09. The second-order valence-corrected chi connectivity index (χ2v) is 4.76. The summed E-state index contributed by atoms with van der Waals surface area (Å²) in [6.45, 7) is 4.16. The SMILES string of the molecule is CCc1ccc(C(=O)c2ccc(F)c(N)c2)cc1CC. The van der Waals surface area contributed by atoms with E-state index in [2.05, 4.69) is 13.8 Å². The topological polar surface area (TPSA) is 43.1 Å². The maximum absolute atomic E-state index is 13.1. The smallest absolute Gasteiger partial charge is 0.193 e. The van der Waals surface area contributed by atoms with Crippen LogP contribution in [-0.2, 0) is 12.8 Å². The van der Waals surface area contributed by atoms with Crippen LogP contribution in [0.4, 0.5) is 10.1 Å². The van der Waals surface area contributed by atoms with E-state index >= 15 is 0 Å². The van der Waals surface area contributed by atoms with E-state index in [1.54, 1.807) is 0 Å². The number of nitrogen functional groups attached to an aromatic ring is 1. The van der Waals surface area contributed by atoms with Gasteiger partial charge in [-0.05, 0) is 48.2 Å². The maximum Gasteiger partial charge on any atom is 0.193 e. The summed E-state index contributed by atoms with van der Waals surface area (Å²) in [6.07, 6.45) is 1.83. The third kappa shape index (κ3) is 2.72. The molecule has 2 aromatic carbocycles. The molecule has 0 atom stereocenters. The van der Waals surface area contributed by atoms with Crippen molar-refractivity contribution >= 4 is 11.5 Å². The van der Waals surface area contributed by atoms with Crippen molar-refractivity contribution < 1.29 is 9.18 Å². The number of anilines is 1. The molecule has 0 aliphatic heterocycles. The van der Waals surface area contributed by atoms with E-state index in [0.717, 1.165) is 12.8 Å². The monoisotopic (exact) mass is 271 g/mol. The highest BCUT2D eigenvalue weighted by Crippen LogP contribution is 2.19. The molecule has 2 aromatic rings. The second-order valence-electron chi connectivity index (χ2n) is 4.76. The number of nitrogens with two attached hydrogens (primary N) is 1. The molecule has 3 heteroatoms. The average molecular weight is 271 g/mol. The predicted octanol–water partition coefficient (Wildman–Crippen LogP) is 3.76. The molecule has 0 bridgehead atoms. The normalized spacial score (nSPS) is 10.6. The molecule has 0 saturated carbocycles. The van der Waals surface area contributed by atoms with Crippen LogP contribution in [0.5, 0.6) is 0 Å². The Kier molecular flexibility index (Phi) is 4.18. The highest BCUT2D eigenvalue weighted by molar-refractivity contribution is 6.09. The molecule has 0 heterocycles. The molecule has 0 amide bonds. The zero-order chi connectivity index (χ0) is 14.7. The summed E-state index contributed by atoms with van der Waals surface area (Å²) in [6, 6.07) is 9.80. The Morgan fingerprint density at radius 3 is 2.20 bits per heavy atom. The number of carbonyl (C=O) groups excluding carboxylic acids is 1. The van der Waals surface area contributed by atoms with Gasteiger partial charge >= 0.3 is 0 Å². The molecule has 0 aliphatic rings. The molecular formula is C17H18FNO. The summed E-state index contributed by atoms with van der Waals surface area (Å²) < 4.78 is 13.1. The van der Waals surface area contributed by atoms with Gasteiger partial charge in [0.15, 0.2) is 5.78 Å². The van der Waals surface area contributed by atoms with Crippen LogP contribution in [-0.4, -0.2) is 5.78 Å². The first-order chi connectivity index (χ1) is 9.56. The molecular weight excluding hydrogens is 253 g/mol. The second kappa shape index (κ2) is 5.87. The summed E-state index contributed by atoms with van der Waals surface area (Å²) in [4.78, 5) is 12.4. The van der Waals surface area contributed by atoms with Gasteiger partial charge < -0.3 is 5.73 Å². The van der Waals surface area contributed by atoms with Crippen molar-refractivity contribution in [2.24, 2.45) is 0 Å². The van der Waals surface area contributed by atoms with E-state index in [-0.39, 0.29) is 11.5 Å². The Morgan fingerprint density at radius 2 is 1.60 bits per heavy atom. The number of hydrogen-bond donors (Lipinski definition) is 1. The first-order valence-corrected chi connectivity index (χ1v) is 6.78. The Balaban J connectivity index is 2.40. The highest BCUT2D eigenvalue weighted by Gasteiger charge is 2.12. The van der Waals surface area contributed by atoms with Crippen LogP contribution in [0.1, 0.15) is 40.9 Å². The zero-order valence-electron chi connectivity index (χ0n) is 11.7. The first kappa shape index (κ1) is 14.3. The molecule has 104 valence electrons. The highest BCUT2D eigenvalue weighted by atomic mass is 19.1. The molecule has 0 aliphatic carbocycles. The molecule has 0 radical (unpaired) electrons. The lowest BCUT2D eigenvalue weighted by molar-refractivity contribution is 0.103. The van der Waals surface area contributed by atoms with Crippen LogP contribution in [0.3, 0.4) is 0 Å². The molecule has 0 unspecified atom stereocenters. The fourth-order valence-electron chi connectivity index (χ4n) is 2.29. The molecule has 20 heavy (non-hydrogen) atoms. The van der Waals surface area contributed by atoms with Crippen LogP contribution in [0.2, 0.25) is 0 Å². The fourth-order valence-corrected chi connectivity index (χ4v) is 2.29. The lowest BCUT2D eigenvalue weighted by atomic mass is 9.96. The number of rotatable bonds is 4. The Bertz CT molecular complexity index is 649. The fraction of sp³-hybridized carbons (Fsp3) is 0.235. The number of halogens is 1. The van der Waals surface area contributed by atoms with Gasteiger partial charge in [0.05, 0.1) is 5.69 Å². The van der Waals surface area contributed by atoms with E-state index in [1.165, 1.54) is 29.3 Å². The van der Waals surface area contributed by atoms with Crippen molar-refractivity contribution in [1.82, 2.24) is 0 Å². The van der Waals surface area contributed by atoms with Crippen molar-refractivity contribution in [3.8, 4) is 0 Å². The maximum atomic E-state index is 13.1. The minimum Gasteiger partial charge on any atom is -0.396 e. The van der Waals surface area contributed by atoms with Crippen molar-refractivity contribution in [3.05, 3.63) is 64.5 Å². The molecule has 2 N–H and O–H groups in total. The van der Waals surface area contributed by atoms with Crippen molar-refractivity contribution in [3.63, 3.8) is 0 Å². The van der Waals surface area contributed by atoms with Gasteiger partial charge in [0, 0.05) is 11.1 Å². The van der Waals surface area contributed by atoms with Gasteiger partial charge in [-0.1, -0.05) is 26.0 Å². The lowest BCUT2D eigenvalue weighted by Crippen LogP contribution is -2.05. The minimum absolute atomic E-state index is 0.00302. The molecule has 0 fully saturated rings.